The van der Waals surface area contributed by atoms with Crippen molar-refractivity contribution in [3.05, 3.63) is 89.1 Å². The third kappa shape index (κ3) is 6.32. The SMILES string of the molecule is C=CCn1c(COc2cccc(C)c2)nnc1SCC(=O)Nc1sc(C)c(-c2ccccc2)c1C(=O)OC. The van der Waals surface area contributed by atoms with E-state index in [1.807, 2.05) is 73.0 Å². The number of hydrogen-bond donors (Lipinski definition) is 1. The van der Waals surface area contributed by atoms with Crippen molar-refractivity contribution in [3.8, 4) is 16.9 Å². The Labute approximate surface area is 229 Å². The second-order valence-electron chi connectivity index (χ2n) is 8.34. The molecule has 2 aromatic carbocycles. The van der Waals surface area contributed by atoms with E-state index in [2.05, 4.69) is 22.1 Å². The van der Waals surface area contributed by atoms with Gasteiger partial charge in [0.1, 0.15) is 22.9 Å². The normalized spacial score (nSPS) is 10.7. The van der Waals surface area contributed by atoms with E-state index in [0.717, 1.165) is 27.3 Å². The first-order valence-corrected chi connectivity index (χ1v) is 13.6. The van der Waals surface area contributed by atoms with E-state index >= 15 is 0 Å². The van der Waals surface area contributed by atoms with Gasteiger partial charge in [0.05, 0.1) is 12.9 Å². The molecule has 2 aromatic heterocycles. The largest absolute Gasteiger partial charge is 0.486 e. The second-order valence-corrected chi connectivity index (χ2v) is 10.5. The van der Waals surface area contributed by atoms with Crippen LogP contribution in [-0.2, 0) is 22.7 Å². The minimum Gasteiger partial charge on any atom is -0.486 e. The quantitative estimate of drug-likeness (QED) is 0.142. The molecule has 0 aliphatic heterocycles. The molecule has 0 unspecified atom stereocenters. The second kappa shape index (κ2) is 12.6. The van der Waals surface area contributed by atoms with E-state index in [1.165, 1.54) is 30.2 Å². The molecule has 0 aliphatic rings. The number of anilines is 1. The van der Waals surface area contributed by atoms with E-state index in [9.17, 15) is 9.59 Å². The Morgan fingerprint density at radius 1 is 1.13 bits per heavy atom. The summed E-state index contributed by atoms with van der Waals surface area (Å²) >= 11 is 2.59. The smallest absolute Gasteiger partial charge is 0.341 e. The Hall–Kier alpha value is -3.89. The minimum absolute atomic E-state index is 0.0756. The number of hydrogen-bond acceptors (Lipinski definition) is 8. The van der Waals surface area contributed by atoms with E-state index in [0.29, 0.717) is 28.1 Å². The lowest BCUT2D eigenvalue weighted by Gasteiger charge is -2.10. The van der Waals surface area contributed by atoms with Crippen LogP contribution in [0.25, 0.3) is 11.1 Å². The first-order valence-electron chi connectivity index (χ1n) is 11.8. The van der Waals surface area contributed by atoms with Gasteiger partial charge in [0.25, 0.3) is 0 Å². The molecular formula is C28H28N4O4S2. The zero-order chi connectivity index (χ0) is 27.1. The molecule has 0 aliphatic carbocycles. The van der Waals surface area contributed by atoms with Crippen LogP contribution in [0.3, 0.4) is 0 Å². The summed E-state index contributed by atoms with van der Waals surface area (Å²) in [6, 6.07) is 17.3. The number of carbonyl (C=O) groups excluding carboxylic acids is 2. The Kier molecular flexibility index (Phi) is 8.98. The number of esters is 1. The molecule has 196 valence electrons. The Morgan fingerprint density at radius 2 is 1.92 bits per heavy atom. The predicted octanol–water partition coefficient (Wildman–Crippen LogP) is 5.91. The molecule has 0 spiro atoms. The van der Waals surface area contributed by atoms with Crippen LogP contribution < -0.4 is 10.1 Å². The van der Waals surface area contributed by atoms with Crippen molar-refractivity contribution < 1.29 is 19.1 Å². The van der Waals surface area contributed by atoms with Gasteiger partial charge in [-0.1, -0.05) is 60.3 Å². The topological polar surface area (TPSA) is 95.3 Å². The zero-order valence-electron chi connectivity index (χ0n) is 21.4. The highest BCUT2D eigenvalue weighted by molar-refractivity contribution is 7.99. The molecular weight excluding hydrogens is 520 g/mol. The van der Waals surface area contributed by atoms with Gasteiger partial charge in [-0.05, 0) is 37.1 Å². The molecule has 1 N–H and O–H groups in total. The van der Waals surface area contributed by atoms with E-state index in [4.69, 9.17) is 9.47 Å². The summed E-state index contributed by atoms with van der Waals surface area (Å²) in [6.45, 7) is 8.45. The Balaban J connectivity index is 1.47. The van der Waals surface area contributed by atoms with Crippen LogP contribution in [0.4, 0.5) is 5.00 Å². The molecule has 38 heavy (non-hydrogen) atoms. The van der Waals surface area contributed by atoms with E-state index in [-0.39, 0.29) is 18.3 Å². The van der Waals surface area contributed by atoms with Crippen molar-refractivity contribution in [1.82, 2.24) is 14.8 Å². The van der Waals surface area contributed by atoms with Crippen molar-refractivity contribution in [3.63, 3.8) is 0 Å². The number of aryl methyl sites for hydroxylation is 2. The summed E-state index contributed by atoms with van der Waals surface area (Å²) < 4.78 is 12.8. The first kappa shape index (κ1) is 27.2. The van der Waals surface area contributed by atoms with Gasteiger partial charge in [-0.2, -0.15) is 0 Å². The van der Waals surface area contributed by atoms with Crippen molar-refractivity contribution in [1.29, 1.82) is 0 Å². The van der Waals surface area contributed by atoms with Crippen molar-refractivity contribution in [2.45, 2.75) is 32.2 Å². The number of thioether (sulfide) groups is 1. The number of rotatable bonds is 11. The van der Waals surface area contributed by atoms with Crippen LogP contribution in [-0.4, -0.2) is 39.5 Å². The average Bonchev–Trinajstić information content (AvgIpc) is 3.46. The molecule has 2 heterocycles. The zero-order valence-corrected chi connectivity index (χ0v) is 23.0. The maximum absolute atomic E-state index is 12.9. The molecule has 0 fully saturated rings. The molecule has 0 radical (unpaired) electrons. The van der Waals surface area contributed by atoms with Gasteiger partial charge in [0.15, 0.2) is 11.0 Å². The highest BCUT2D eigenvalue weighted by atomic mass is 32.2. The number of nitrogens with zero attached hydrogens (tertiary/aromatic N) is 3. The number of allylic oxidation sites excluding steroid dienone is 1. The summed E-state index contributed by atoms with van der Waals surface area (Å²) in [6.07, 6.45) is 1.74. The predicted molar refractivity (Wildman–Crippen MR) is 151 cm³/mol. The van der Waals surface area contributed by atoms with Gasteiger partial charge < -0.3 is 14.8 Å². The fourth-order valence-corrected chi connectivity index (χ4v) is 5.72. The lowest BCUT2D eigenvalue weighted by Crippen LogP contribution is -2.16. The van der Waals surface area contributed by atoms with Gasteiger partial charge in [-0.25, -0.2) is 4.79 Å². The van der Waals surface area contributed by atoms with Crippen LogP contribution in [0.5, 0.6) is 5.75 Å². The van der Waals surface area contributed by atoms with E-state index < -0.39 is 5.97 Å². The van der Waals surface area contributed by atoms with Gasteiger partial charge in [-0.15, -0.1) is 28.1 Å². The molecule has 8 nitrogen and oxygen atoms in total. The maximum atomic E-state index is 12.9. The average molecular weight is 549 g/mol. The van der Waals surface area contributed by atoms with Gasteiger partial charge >= 0.3 is 5.97 Å². The number of thiophene rings is 1. The third-order valence-corrected chi connectivity index (χ3v) is 7.57. The van der Waals surface area contributed by atoms with Crippen LogP contribution in [0.2, 0.25) is 0 Å². The number of carbonyl (C=O) groups is 2. The van der Waals surface area contributed by atoms with E-state index in [1.54, 1.807) is 6.08 Å². The summed E-state index contributed by atoms with van der Waals surface area (Å²) in [5.74, 6) is 0.677. The number of nitrogens with one attached hydrogen (secondary N) is 1. The van der Waals surface area contributed by atoms with Crippen LogP contribution >= 0.6 is 23.1 Å². The summed E-state index contributed by atoms with van der Waals surface area (Å²) in [5.41, 5.74) is 3.10. The highest BCUT2D eigenvalue weighted by Gasteiger charge is 2.25. The number of benzene rings is 2. The number of amides is 1. The lowest BCUT2D eigenvalue weighted by molar-refractivity contribution is -0.113. The van der Waals surface area contributed by atoms with Crippen LogP contribution in [0.15, 0.2) is 72.4 Å². The van der Waals surface area contributed by atoms with Gasteiger partial charge in [-0.3, -0.25) is 9.36 Å². The standard InChI is InChI=1S/C28H28N4O4S2/c1-5-14-32-22(16-36-21-13-9-10-18(2)15-21)30-31-28(32)37-17-23(33)29-26-25(27(34)35-4)24(19(3)38-26)20-11-7-6-8-12-20/h5-13,15H,1,14,16-17H2,2-4H3,(H,29,33). The molecule has 0 saturated heterocycles. The Bertz CT molecular complexity index is 1450. The summed E-state index contributed by atoms with van der Waals surface area (Å²) in [4.78, 5) is 26.5. The van der Waals surface area contributed by atoms with Crippen molar-refractivity contribution in [2.24, 2.45) is 0 Å². The molecule has 0 saturated carbocycles. The minimum atomic E-state index is -0.500. The maximum Gasteiger partial charge on any atom is 0.341 e. The highest BCUT2D eigenvalue weighted by Crippen LogP contribution is 2.40. The summed E-state index contributed by atoms with van der Waals surface area (Å²) in [5, 5.41) is 12.4. The van der Waals surface area contributed by atoms with Crippen molar-refractivity contribution >= 4 is 40.0 Å². The molecule has 10 heteroatoms. The van der Waals surface area contributed by atoms with Gasteiger partial charge in [0, 0.05) is 17.0 Å². The lowest BCUT2D eigenvalue weighted by atomic mass is 10.0. The molecule has 4 aromatic rings. The van der Waals surface area contributed by atoms with Crippen molar-refractivity contribution in [2.75, 3.05) is 18.2 Å². The Morgan fingerprint density at radius 3 is 2.63 bits per heavy atom. The van der Waals surface area contributed by atoms with Crippen LogP contribution in [0, 0.1) is 13.8 Å². The fourth-order valence-electron chi connectivity index (χ4n) is 3.87. The third-order valence-electron chi connectivity index (χ3n) is 5.58. The molecule has 0 atom stereocenters. The number of methoxy groups -OCH3 is 1. The molecule has 1 amide bonds. The fraction of sp³-hybridized carbons (Fsp3) is 0.214. The van der Waals surface area contributed by atoms with Gasteiger partial charge in [0.2, 0.25) is 5.91 Å². The molecule has 0 bridgehead atoms. The van der Waals surface area contributed by atoms with Crippen LogP contribution in [0.1, 0.15) is 26.6 Å². The summed E-state index contributed by atoms with van der Waals surface area (Å²) in [7, 11) is 1.33. The number of aromatic nitrogens is 3. The monoisotopic (exact) mass is 548 g/mol. The number of ether oxygens (including phenoxy) is 2. The molecule has 4 rings (SSSR count). The first-order chi connectivity index (χ1) is 18.4.